The number of carbonyl (C=O) groups excluding carboxylic acids is 1. The molecular formula is C23H22N2O6S2. The zero-order chi connectivity index (χ0) is 23.8. The number of nitrogens with zero attached hydrogens (tertiary/aromatic N) is 1. The fourth-order valence-corrected chi connectivity index (χ4v) is 6.17. The Kier molecular flexibility index (Phi) is 5.89. The summed E-state index contributed by atoms with van der Waals surface area (Å²) in [6.07, 6.45) is 1.64. The van der Waals surface area contributed by atoms with Gasteiger partial charge in [-0.15, -0.1) is 0 Å². The summed E-state index contributed by atoms with van der Waals surface area (Å²) in [5.74, 6) is -0.535. The summed E-state index contributed by atoms with van der Waals surface area (Å²) < 4.78 is 57.5. The largest absolute Gasteiger partial charge is 0.496 e. The normalized spacial score (nSPS) is 13.5. The molecule has 172 valence electrons. The lowest BCUT2D eigenvalue weighted by atomic mass is 10.2. The van der Waals surface area contributed by atoms with E-state index in [-0.39, 0.29) is 26.8 Å². The van der Waals surface area contributed by atoms with E-state index >= 15 is 0 Å². The van der Waals surface area contributed by atoms with Crippen molar-refractivity contribution in [1.29, 1.82) is 0 Å². The van der Waals surface area contributed by atoms with E-state index in [0.717, 1.165) is 11.8 Å². The minimum Gasteiger partial charge on any atom is -0.496 e. The summed E-state index contributed by atoms with van der Waals surface area (Å²) >= 11 is 0. The lowest BCUT2D eigenvalue weighted by Crippen LogP contribution is -2.29. The molecule has 0 unspecified atom stereocenters. The molecule has 0 saturated heterocycles. The molecular weight excluding hydrogens is 464 g/mol. The second kappa shape index (κ2) is 8.53. The number of amides is 1. The van der Waals surface area contributed by atoms with Crippen molar-refractivity contribution in [1.82, 2.24) is 0 Å². The maximum Gasteiger partial charge on any atom is 0.264 e. The number of hydrogen-bond donors (Lipinski definition) is 1. The second-order valence-electron chi connectivity index (χ2n) is 7.54. The van der Waals surface area contributed by atoms with E-state index in [1.54, 1.807) is 24.3 Å². The molecule has 1 N–H and O–H groups in total. The third kappa shape index (κ3) is 4.31. The molecule has 0 aromatic heterocycles. The van der Waals surface area contributed by atoms with Crippen molar-refractivity contribution < 1.29 is 26.4 Å². The van der Waals surface area contributed by atoms with Gasteiger partial charge in [-0.25, -0.2) is 16.8 Å². The number of sulfonamides is 1. The summed E-state index contributed by atoms with van der Waals surface area (Å²) in [7, 11) is -6.17. The Balaban J connectivity index is 1.72. The van der Waals surface area contributed by atoms with E-state index in [4.69, 9.17) is 4.74 Å². The van der Waals surface area contributed by atoms with Crippen molar-refractivity contribution in [2.75, 3.05) is 29.5 Å². The Morgan fingerprint density at radius 1 is 0.970 bits per heavy atom. The number of nitrogens with one attached hydrogen (secondary N) is 1. The number of fused-ring (bicyclic) bond motifs is 1. The molecule has 0 bridgehead atoms. The maximum absolute atomic E-state index is 13.4. The van der Waals surface area contributed by atoms with Crippen molar-refractivity contribution in [3.8, 4) is 5.75 Å². The first-order valence-corrected chi connectivity index (χ1v) is 13.3. The molecule has 0 fully saturated rings. The number of rotatable bonds is 6. The highest BCUT2D eigenvalue weighted by Crippen LogP contribution is 2.34. The summed E-state index contributed by atoms with van der Waals surface area (Å²) in [6.45, 7) is 0.303. The van der Waals surface area contributed by atoms with Crippen LogP contribution < -0.4 is 14.4 Å². The Hall–Kier alpha value is -3.37. The van der Waals surface area contributed by atoms with Gasteiger partial charge in [-0.3, -0.25) is 9.10 Å². The van der Waals surface area contributed by atoms with Gasteiger partial charge in [-0.2, -0.15) is 0 Å². The fraction of sp³-hybridized carbons (Fsp3) is 0.174. The first kappa shape index (κ1) is 22.8. The number of benzene rings is 3. The Bertz CT molecular complexity index is 1450. The van der Waals surface area contributed by atoms with Gasteiger partial charge < -0.3 is 10.1 Å². The summed E-state index contributed by atoms with van der Waals surface area (Å²) in [4.78, 5) is 13.0. The van der Waals surface area contributed by atoms with Gasteiger partial charge in [0.2, 0.25) is 0 Å². The lowest BCUT2D eigenvalue weighted by molar-refractivity contribution is 0.102. The third-order valence-corrected chi connectivity index (χ3v) is 8.35. The van der Waals surface area contributed by atoms with Gasteiger partial charge >= 0.3 is 0 Å². The molecule has 3 aromatic rings. The van der Waals surface area contributed by atoms with Crippen LogP contribution in [0.2, 0.25) is 0 Å². The van der Waals surface area contributed by atoms with Crippen molar-refractivity contribution in [3.05, 3.63) is 77.9 Å². The van der Waals surface area contributed by atoms with Crippen LogP contribution in [-0.2, 0) is 26.3 Å². The molecule has 10 heteroatoms. The first-order chi connectivity index (χ1) is 15.6. The molecule has 0 radical (unpaired) electrons. The van der Waals surface area contributed by atoms with Gasteiger partial charge in [-0.05, 0) is 48.4 Å². The van der Waals surface area contributed by atoms with E-state index in [2.05, 4.69) is 5.32 Å². The molecule has 33 heavy (non-hydrogen) atoms. The van der Waals surface area contributed by atoms with Crippen LogP contribution in [0.25, 0.3) is 0 Å². The number of anilines is 2. The van der Waals surface area contributed by atoms with Crippen LogP contribution in [0.3, 0.4) is 0 Å². The van der Waals surface area contributed by atoms with Crippen LogP contribution in [0.15, 0.2) is 76.5 Å². The Morgan fingerprint density at radius 2 is 1.67 bits per heavy atom. The van der Waals surface area contributed by atoms with Gasteiger partial charge in [0.25, 0.3) is 15.9 Å². The topological polar surface area (TPSA) is 110 Å². The number of sulfone groups is 1. The van der Waals surface area contributed by atoms with Gasteiger partial charge in [0, 0.05) is 12.8 Å². The maximum atomic E-state index is 13.4. The molecule has 1 aliphatic heterocycles. The predicted octanol–water partition coefficient (Wildman–Crippen LogP) is 3.10. The average Bonchev–Trinajstić information content (AvgIpc) is 3.23. The zero-order valence-electron chi connectivity index (χ0n) is 18.0. The van der Waals surface area contributed by atoms with Crippen LogP contribution in [0.1, 0.15) is 15.9 Å². The quantitative estimate of drug-likeness (QED) is 0.573. The Labute approximate surface area is 192 Å². The summed E-state index contributed by atoms with van der Waals surface area (Å²) in [5.41, 5.74) is 1.61. The molecule has 3 aromatic carbocycles. The average molecular weight is 487 g/mol. The standard InChI is InChI=1S/C23H22N2O6S2/c1-31-21-12-11-17(33(29,30)25-14-13-16-7-3-5-9-20(16)25)15-18(21)23(26)24-19-8-4-6-10-22(19)32(2,27)28/h3-12,15H,13-14H2,1-2H3,(H,24,26). The number of para-hydroxylation sites is 2. The minimum atomic E-state index is -3.94. The molecule has 8 nitrogen and oxygen atoms in total. The van der Waals surface area contributed by atoms with Crippen molar-refractivity contribution >= 4 is 37.1 Å². The number of hydrogen-bond acceptors (Lipinski definition) is 6. The van der Waals surface area contributed by atoms with Crippen LogP contribution in [-0.4, -0.2) is 42.7 Å². The third-order valence-electron chi connectivity index (χ3n) is 5.38. The highest BCUT2D eigenvalue weighted by molar-refractivity contribution is 7.93. The summed E-state index contributed by atoms with van der Waals surface area (Å²) in [6, 6.07) is 17.3. The number of carbonyl (C=O) groups is 1. The SMILES string of the molecule is COc1ccc(S(=O)(=O)N2CCc3ccccc32)cc1C(=O)Nc1ccccc1S(C)(=O)=O. The number of methoxy groups -OCH3 is 1. The van der Waals surface area contributed by atoms with Crippen LogP contribution in [0.5, 0.6) is 5.75 Å². The molecule has 1 amide bonds. The molecule has 1 aliphatic rings. The highest BCUT2D eigenvalue weighted by atomic mass is 32.2. The van der Waals surface area contributed by atoms with Crippen molar-refractivity contribution in [2.24, 2.45) is 0 Å². The van der Waals surface area contributed by atoms with Gasteiger partial charge in [0.15, 0.2) is 9.84 Å². The highest BCUT2D eigenvalue weighted by Gasteiger charge is 2.31. The van der Waals surface area contributed by atoms with Crippen LogP contribution >= 0.6 is 0 Å². The predicted molar refractivity (Wildman–Crippen MR) is 125 cm³/mol. The number of ether oxygens (including phenoxy) is 1. The van der Waals surface area contributed by atoms with E-state index in [1.807, 2.05) is 12.1 Å². The van der Waals surface area contributed by atoms with Crippen molar-refractivity contribution in [2.45, 2.75) is 16.2 Å². The molecule has 4 rings (SSSR count). The molecule has 0 atom stereocenters. The van der Waals surface area contributed by atoms with Gasteiger partial charge in [0.05, 0.1) is 33.8 Å². The smallest absolute Gasteiger partial charge is 0.264 e. The first-order valence-electron chi connectivity index (χ1n) is 10.0. The molecule has 1 heterocycles. The van der Waals surface area contributed by atoms with E-state index in [9.17, 15) is 21.6 Å². The van der Waals surface area contributed by atoms with Crippen molar-refractivity contribution in [3.63, 3.8) is 0 Å². The van der Waals surface area contributed by atoms with Gasteiger partial charge in [-0.1, -0.05) is 30.3 Å². The molecule has 0 spiro atoms. The van der Waals surface area contributed by atoms with E-state index < -0.39 is 25.8 Å². The van der Waals surface area contributed by atoms with Crippen LogP contribution in [0, 0.1) is 0 Å². The Morgan fingerprint density at radius 3 is 2.39 bits per heavy atom. The molecule has 0 saturated carbocycles. The zero-order valence-corrected chi connectivity index (χ0v) is 19.6. The second-order valence-corrected chi connectivity index (χ2v) is 11.4. The monoisotopic (exact) mass is 486 g/mol. The lowest BCUT2D eigenvalue weighted by Gasteiger charge is -2.20. The van der Waals surface area contributed by atoms with E-state index in [1.165, 1.54) is 41.7 Å². The minimum absolute atomic E-state index is 0.0330. The fourth-order valence-electron chi connectivity index (χ4n) is 3.79. The van der Waals surface area contributed by atoms with Crippen LogP contribution in [0.4, 0.5) is 11.4 Å². The van der Waals surface area contributed by atoms with E-state index in [0.29, 0.717) is 18.7 Å². The molecule has 0 aliphatic carbocycles. The van der Waals surface area contributed by atoms with Gasteiger partial charge in [0.1, 0.15) is 5.75 Å². The summed E-state index contributed by atoms with van der Waals surface area (Å²) in [5, 5.41) is 2.57.